The van der Waals surface area contributed by atoms with Crippen molar-refractivity contribution in [1.82, 2.24) is 15.1 Å². The average Bonchev–Trinajstić information content (AvgIpc) is 3.48. The fraction of sp³-hybridized carbons (Fsp3) is 0.324. The Hall–Kier alpha value is -4.52. The Labute approximate surface area is 268 Å². The van der Waals surface area contributed by atoms with Crippen molar-refractivity contribution < 1.29 is 32.4 Å². The van der Waals surface area contributed by atoms with E-state index < -0.39 is 27.9 Å². The number of benzene rings is 3. The number of hydrogen-bond donors (Lipinski definition) is 3. The molecule has 0 saturated heterocycles. The summed E-state index contributed by atoms with van der Waals surface area (Å²) in [5.41, 5.74) is 6.35. The van der Waals surface area contributed by atoms with Gasteiger partial charge < -0.3 is 20.1 Å². The van der Waals surface area contributed by atoms with Crippen LogP contribution in [-0.4, -0.2) is 65.1 Å². The van der Waals surface area contributed by atoms with Gasteiger partial charge in [-0.05, 0) is 73.2 Å². The molecule has 5 rings (SSSR count). The molecule has 3 N–H and O–H groups in total. The number of carbonyl (C=O) groups excluding carboxylic acids is 2. The van der Waals surface area contributed by atoms with Gasteiger partial charge in [-0.3, -0.25) is 18.8 Å². The SMILES string of the molecule is Cc1cccc(OCCCC(=O)N2CCC(O)c3c(-c4cnn(Cc5cccc(C(=O)NCCS(=O)(=O)O)c5)c4)cccc32)c1C. The number of amides is 2. The van der Waals surface area contributed by atoms with Crippen molar-refractivity contribution in [3.8, 4) is 16.9 Å². The van der Waals surface area contributed by atoms with Crippen molar-refractivity contribution in [3.63, 3.8) is 0 Å². The second-order valence-electron chi connectivity index (χ2n) is 11.4. The minimum atomic E-state index is -4.17. The van der Waals surface area contributed by atoms with E-state index in [-0.39, 0.29) is 12.5 Å². The van der Waals surface area contributed by atoms with Crippen LogP contribution in [0.2, 0.25) is 0 Å². The number of rotatable bonds is 12. The molecule has 0 saturated carbocycles. The number of aromatic nitrogens is 2. The van der Waals surface area contributed by atoms with Crippen molar-refractivity contribution in [2.45, 2.75) is 45.8 Å². The second-order valence-corrected chi connectivity index (χ2v) is 13.0. The van der Waals surface area contributed by atoms with Crippen molar-refractivity contribution >= 4 is 27.6 Å². The zero-order chi connectivity index (χ0) is 32.8. The minimum Gasteiger partial charge on any atom is -0.493 e. The summed E-state index contributed by atoms with van der Waals surface area (Å²) in [6, 6.07) is 18.5. The summed E-state index contributed by atoms with van der Waals surface area (Å²) in [5.74, 6) is -0.213. The summed E-state index contributed by atoms with van der Waals surface area (Å²) in [7, 11) is -4.17. The van der Waals surface area contributed by atoms with Crippen LogP contribution in [0.1, 0.15) is 58.0 Å². The first-order valence-electron chi connectivity index (χ1n) is 15.2. The first kappa shape index (κ1) is 32.9. The topological polar surface area (TPSA) is 151 Å². The molecule has 11 nitrogen and oxygen atoms in total. The Morgan fingerprint density at radius 3 is 2.67 bits per heavy atom. The predicted molar refractivity (Wildman–Crippen MR) is 175 cm³/mol. The van der Waals surface area contributed by atoms with E-state index in [2.05, 4.69) is 10.4 Å². The van der Waals surface area contributed by atoms with E-state index in [9.17, 15) is 23.1 Å². The monoisotopic (exact) mass is 646 g/mol. The van der Waals surface area contributed by atoms with Crippen LogP contribution < -0.4 is 15.0 Å². The predicted octanol–water partition coefficient (Wildman–Crippen LogP) is 4.46. The van der Waals surface area contributed by atoms with Crippen LogP contribution in [0, 0.1) is 13.8 Å². The number of nitrogens with one attached hydrogen (secondary N) is 1. The quantitative estimate of drug-likeness (QED) is 0.151. The lowest BCUT2D eigenvalue weighted by molar-refractivity contribution is -0.119. The van der Waals surface area contributed by atoms with Gasteiger partial charge in [0.25, 0.3) is 16.0 Å². The molecular formula is C34H38N4O7S. The van der Waals surface area contributed by atoms with Gasteiger partial charge in [0.05, 0.1) is 36.9 Å². The summed E-state index contributed by atoms with van der Waals surface area (Å²) in [6.45, 7) is 5.07. The summed E-state index contributed by atoms with van der Waals surface area (Å²) >= 11 is 0. The van der Waals surface area contributed by atoms with Crippen LogP contribution in [0.5, 0.6) is 5.75 Å². The second kappa shape index (κ2) is 14.3. The number of anilines is 1. The fourth-order valence-electron chi connectivity index (χ4n) is 5.57. The molecule has 12 heteroatoms. The maximum atomic E-state index is 13.3. The average molecular weight is 647 g/mol. The summed E-state index contributed by atoms with van der Waals surface area (Å²) in [5, 5.41) is 18.0. The molecule has 1 aliphatic heterocycles. The highest BCUT2D eigenvalue weighted by Crippen LogP contribution is 2.41. The zero-order valence-corrected chi connectivity index (χ0v) is 26.7. The molecular weight excluding hydrogens is 608 g/mol. The standard InChI is InChI=1S/C34H38N4O7S/c1-23-7-3-12-31(24(23)2)45-17-6-13-32(40)38-16-14-30(39)33-28(10-5-11-29(33)38)27-20-36-37(22-27)21-25-8-4-9-26(19-25)34(41)35-15-18-46(42,43)44/h3-5,7-12,19-20,22,30,39H,6,13-18,21H2,1-2H3,(H,35,41)(H,42,43,44). The lowest BCUT2D eigenvalue weighted by Gasteiger charge is -2.33. The molecule has 2 amide bonds. The van der Waals surface area contributed by atoms with E-state index in [0.717, 1.165) is 33.6 Å². The van der Waals surface area contributed by atoms with E-state index in [1.54, 1.807) is 34.0 Å². The molecule has 242 valence electrons. The highest BCUT2D eigenvalue weighted by atomic mass is 32.2. The highest BCUT2D eigenvalue weighted by molar-refractivity contribution is 7.85. The minimum absolute atomic E-state index is 0.0209. The van der Waals surface area contributed by atoms with Gasteiger partial charge in [0.2, 0.25) is 5.91 Å². The Bertz CT molecular complexity index is 1840. The van der Waals surface area contributed by atoms with Gasteiger partial charge in [0.1, 0.15) is 5.75 Å². The Morgan fingerprint density at radius 1 is 1.09 bits per heavy atom. The third-order valence-corrected chi connectivity index (χ3v) is 8.83. The van der Waals surface area contributed by atoms with Crippen molar-refractivity contribution in [3.05, 3.63) is 101 Å². The van der Waals surface area contributed by atoms with Crippen LogP contribution in [0.15, 0.2) is 73.1 Å². The number of aliphatic hydroxyl groups excluding tert-OH is 1. The van der Waals surface area contributed by atoms with E-state index >= 15 is 0 Å². The van der Waals surface area contributed by atoms with Gasteiger partial charge >= 0.3 is 0 Å². The molecule has 1 atom stereocenters. The van der Waals surface area contributed by atoms with Gasteiger partial charge in [0, 0.05) is 42.4 Å². The number of fused-ring (bicyclic) bond motifs is 1. The molecule has 0 fully saturated rings. The zero-order valence-electron chi connectivity index (χ0n) is 25.8. The van der Waals surface area contributed by atoms with E-state index in [1.807, 2.05) is 62.5 Å². The molecule has 1 unspecified atom stereocenters. The van der Waals surface area contributed by atoms with Crippen LogP contribution in [0.3, 0.4) is 0 Å². The molecule has 4 aromatic rings. The smallest absolute Gasteiger partial charge is 0.266 e. The van der Waals surface area contributed by atoms with Crippen LogP contribution in [0.4, 0.5) is 5.69 Å². The van der Waals surface area contributed by atoms with Gasteiger partial charge in [-0.1, -0.05) is 36.4 Å². The molecule has 0 spiro atoms. The first-order chi connectivity index (χ1) is 22.0. The van der Waals surface area contributed by atoms with Gasteiger partial charge in [0.15, 0.2) is 0 Å². The van der Waals surface area contributed by atoms with Crippen LogP contribution in [-0.2, 0) is 21.5 Å². The Balaban J connectivity index is 1.25. The summed E-state index contributed by atoms with van der Waals surface area (Å²) < 4.78 is 38.4. The molecule has 1 aromatic heterocycles. The van der Waals surface area contributed by atoms with Crippen molar-refractivity contribution in [2.24, 2.45) is 0 Å². The fourth-order valence-corrected chi connectivity index (χ4v) is 5.93. The molecule has 3 aromatic carbocycles. The lowest BCUT2D eigenvalue weighted by Crippen LogP contribution is -2.37. The first-order valence-corrected chi connectivity index (χ1v) is 16.8. The third kappa shape index (κ3) is 8.00. The number of ether oxygens (including phenoxy) is 1. The molecule has 2 heterocycles. The van der Waals surface area contributed by atoms with Gasteiger partial charge in [-0.2, -0.15) is 13.5 Å². The number of nitrogens with zero attached hydrogens (tertiary/aromatic N) is 3. The molecule has 0 aliphatic carbocycles. The molecule has 46 heavy (non-hydrogen) atoms. The number of aliphatic hydroxyl groups is 1. The maximum Gasteiger partial charge on any atom is 0.266 e. The van der Waals surface area contributed by atoms with Crippen molar-refractivity contribution in [2.75, 3.05) is 30.3 Å². The third-order valence-electron chi connectivity index (χ3n) is 8.11. The number of aryl methyl sites for hydroxylation is 1. The largest absolute Gasteiger partial charge is 0.493 e. The van der Waals surface area contributed by atoms with Crippen LogP contribution >= 0.6 is 0 Å². The lowest BCUT2D eigenvalue weighted by atomic mass is 9.91. The van der Waals surface area contributed by atoms with E-state index in [0.29, 0.717) is 55.8 Å². The summed E-state index contributed by atoms with van der Waals surface area (Å²) in [4.78, 5) is 27.5. The van der Waals surface area contributed by atoms with Crippen molar-refractivity contribution in [1.29, 1.82) is 0 Å². The van der Waals surface area contributed by atoms with E-state index in [4.69, 9.17) is 9.29 Å². The Morgan fingerprint density at radius 2 is 1.87 bits per heavy atom. The van der Waals surface area contributed by atoms with Gasteiger partial charge in [-0.25, -0.2) is 0 Å². The number of carbonyl (C=O) groups is 2. The highest BCUT2D eigenvalue weighted by Gasteiger charge is 2.30. The Kier molecular flexibility index (Phi) is 10.2. The van der Waals surface area contributed by atoms with E-state index in [1.165, 1.54) is 0 Å². The normalized spacial score (nSPS) is 14.5. The molecule has 0 radical (unpaired) electrons. The number of hydrogen-bond acceptors (Lipinski definition) is 7. The molecule has 1 aliphatic rings. The molecule has 0 bridgehead atoms. The summed E-state index contributed by atoms with van der Waals surface area (Å²) in [6.07, 6.45) is 4.14. The maximum absolute atomic E-state index is 13.3. The van der Waals surface area contributed by atoms with Gasteiger partial charge in [-0.15, -0.1) is 0 Å². The van der Waals surface area contributed by atoms with Crippen LogP contribution in [0.25, 0.3) is 11.1 Å².